The Bertz CT molecular complexity index is 900. The average molecular weight is 423 g/mol. The number of carbonyl (C=O) groups is 1. The SMILES string of the molecule is COc1ccc(C(c2cccc(C(F)(F)F)c2)N2CCCC(C(=O)O)C2)cc1OC. The highest BCUT2D eigenvalue weighted by atomic mass is 19.4. The summed E-state index contributed by atoms with van der Waals surface area (Å²) in [5, 5.41) is 9.47. The lowest BCUT2D eigenvalue weighted by Crippen LogP contribution is -2.41. The molecule has 0 spiro atoms. The summed E-state index contributed by atoms with van der Waals surface area (Å²) in [6.45, 7) is 0.837. The van der Waals surface area contributed by atoms with Crippen molar-refractivity contribution in [3.8, 4) is 11.5 Å². The molecule has 1 heterocycles. The third-order valence-electron chi connectivity index (χ3n) is 5.42. The number of likely N-dealkylation sites (tertiary alicyclic amines) is 1. The molecule has 0 bridgehead atoms. The van der Waals surface area contributed by atoms with E-state index in [9.17, 15) is 23.1 Å². The Labute approximate surface area is 173 Å². The van der Waals surface area contributed by atoms with Gasteiger partial charge in [0.1, 0.15) is 0 Å². The van der Waals surface area contributed by atoms with Crippen molar-refractivity contribution in [2.75, 3.05) is 27.3 Å². The van der Waals surface area contributed by atoms with Gasteiger partial charge in [-0.05, 0) is 54.8 Å². The second-order valence-corrected chi connectivity index (χ2v) is 7.31. The van der Waals surface area contributed by atoms with E-state index in [4.69, 9.17) is 9.47 Å². The second-order valence-electron chi connectivity index (χ2n) is 7.31. The van der Waals surface area contributed by atoms with Crippen LogP contribution in [0.2, 0.25) is 0 Å². The molecule has 2 unspecified atom stereocenters. The largest absolute Gasteiger partial charge is 0.493 e. The summed E-state index contributed by atoms with van der Waals surface area (Å²) in [6.07, 6.45) is -3.27. The number of hydrogen-bond acceptors (Lipinski definition) is 4. The molecule has 2 atom stereocenters. The van der Waals surface area contributed by atoms with E-state index >= 15 is 0 Å². The van der Waals surface area contributed by atoms with Crippen molar-refractivity contribution in [3.63, 3.8) is 0 Å². The summed E-state index contributed by atoms with van der Waals surface area (Å²) in [4.78, 5) is 13.5. The molecule has 2 aromatic rings. The zero-order valence-corrected chi connectivity index (χ0v) is 16.8. The monoisotopic (exact) mass is 423 g/mol. The van der Waals surface area contributed by atoms with E-state index < -0.39 is 29.7 Å². The van der Waals surface area contributed by atoms with Crippen LogP contribution in [0.3, 0.4) is 0 Å². The van der Waals surface area contributed by atoms with Crippen molar-refractivity contribution in [1.29, 1.82) is 0 Å². The summed E-state index contributed by atoms with van der Waals surface area (Å²) in [5.74, 6) is -0.494. The molecule has 3 rings (SSSR count). The van der Waals surface area contributed by atoms with Crippen molar-refractivity contribution in [1.82, 2.24) is 4.90 Å². The lowest BCUT2D eigenvalue weighted by molar-refractivity contribution is -0.143. The van der Waals surface area contributed by atoms with Gasteiger partial charge in [-0.1, -0.05) is 18.2 Å². The number of piperidine rings is 1. The lowest BCUT2D eigenvalue weighted by atomic mass is 9.90. The van der Waals surface area contributed by atoms with Gasteiger partial charge in [-0.2, -0.15) is 13.2 Å². The van der Waals surface area contributed by atoms with Crippen LogP contribution >= 0.6 is 0 Å². The normalized spacial score (nSPS) is 18.6. The number of halogens is 3. The molecule has 8 heteroatoms. The van der Waals surface area contributed by atoms with Crippen LogP contribution in [-0.2, 0) is 11.0 Å². The number of alkyl halides is 3. The molecule has 1 N–H and O–H groups in total. The fourth-order valence-electron chi connectivity index (χ4n) is 3.96. The molecular formula is C22H24F3NO4. The molecule has 162 valence electrons. The van der Waals surface area contributed by atoms with Gasteiger partial charge in [0.2, 0.25) is 0 Å². The van der Waals surface area contributed by atoms with Gasteiger partial charge in [0.15, 0.2) is 11.5 Å². The number of ether oxygens (including phenoxy) is 2. The van der Waals surface area contributed by atoms with Crippen LogP contribution in [0.4, 0.5) is 13.2 Å². The van der Waals surface area contributed by atoms with Crippen molar-refractivity contribution < 1.29 is 32.5 Å². The molecule has 0 saturated carbocycles. The summed E-state index contributed by atoms with van der Waals surface area (Å²) in [7, 11) is 2.99. The zero-order valence-electron chi connectivity index (χ0n) is 16.8. The Morgan fingerprint density at radius 2 is 1.80 bits per heavy atom. The van der Waals surface area contributed by atoms with Crippen LogP contribution in [0.5, 0.6) is 11.5 Å². The molecule has 1 saturated heterocycles. The molecule has 0 aromatic heterocycles. The highest BCUT2D eigenvalue weighted by molar-refractivity contribution is 5.70. The predicted molar refractivity (Wildman–Crippen MR) is 105 cm³/mol. The summed E-state index contributed by atoms with van der Waals surface area (Å²) in [6, 6.07) is 9.84. The highest BCUT2D eigenvalue weighted by Gasteiger charge is 2.34. The molecule has 2 aromatic carbocycles. The van der Waals surface area contributed by atoms with Gasteiger partial charge in [0, 0.05) is 6.54 Å². The maximum atomic E-state index is 13.3. The average Bonchev–Trinajstić information content (AvgIpc) is 2.73. The topological polar surface area (TPSA) is 59.0 Å². The molecule has 1 fully saturated rings. The molecule has 1 aliphatic heterocycles. The van der Waals surface area contributed by atoms with Crippen LogP contribution in [0, 0.1) is 5.92 Å². The van der Waals surface area contributed by atoms with E-state index in [2.05, 4.69) is 0 Å². The number of hydrogen-bond donors (Lipinski definition) is 1. The minimum atomic E-state index is -4.47. The van der Waals surface area contributed by atoms with Gasteiger partial charge in [0.25, 0.3) is 0 Å². The van der Waals surface area contributed by atoms with Gasteiger partial charge in [0.05, 0.1) is 31.7 Å². The summed E-state index contributed by atoms with van der Waals surface area (Å²) < 4.78 is 50.6. The van der Waals surface area contributed by atoms with Crippen molar-refractivity contribution in [3.05, 3.63) is 59.2 Å². The van der Waals surface area contributed by atoms with Gasteiger partial charge >= 0.3 is 12.1 Å². The molecule has 0 aliphatic carbocycles. The molecular weight excluding hydrogens is 399 g/mol. The number of aliphatic carboxylic acids is 1. The Kier molecular flexibility index (Phi) is 6.55. The van der Waals surface area contributed by atoms with E-state index in [1.807, 2.05) is 4.90 Å². The van der Waals surface area contributed by atoms with Crippen LogP contribution in [-0.4, -0.2) is 43.3 Å². The van der Waals surface area contributed by atoms with Crippen molar-refractivity contribution >= 4 is 5.97 Å². The maximum Gasteiger partial charge on any atom is 0.416 e. The minimum Gasteiger partial charge on any atom is -0.493 e. The number of benzene rings is 2. The molecule has 0 radical (unpaired) electrons. The van der Waals surface area contributed by atoms with Gasteiger partial charge in [-0.25, -0.2) is 0 Å². The third-order valence-corrected chi connectivity index (χ3v) is 5.42. The fourth-order valence-corrected chi connectivity index (χ4v) is 3.96. The van der Waals surface area contributed by atoms with Gasteiger partial charge in [-0.3, -0.25) is 9.69 Å². The number of nitrogens with zero attached hydrogens (tertiary/aromatic N) is 1. The minimum absolute atomic E-state index is 0.255. The zero-order chi connectivity index (χ0) is 21.9. The smallest absolute Gasteiger partial charge is 0.416 e. The Hall–Kier alpha value is -2.74. The summed E-state index contributed by atoms with van der Waals surface area (Å²) in [5.41, 5.74) is 0.415. The van der Waals surface area contributed by atoms with Gasteiger partial charge < -0.3 is 14.6 Å². The molecule has 1 aliphatic rings. The first-order valence-electron chi connectivity index (χ1n) is 9.60. The van der Waals surface area contributed by atoms with Gasteiger partial charge in [-0.15, -0.1) is 0 Å². The predicted octanol–water partition coefficient (Wildman–Crippen LogP) is 4.61. The Balaban J connectivity index is 2.09. The van der Waals surface area contributed by atoms with Crippen molar-refractivity contribution in [2.24, 2.45) is 5.92 Å². The lowest BCUT2D eigenvalue weighted by Gasteiger charge is -2.38. The number of carboxylic acids is 1. The fraction of sp³-hybridized carbons (Fsp3) is 0.409. The van der Waals surface area contributed by atoms with Crippen LogP contribution in [0.15, 0.2) is 42.5 Å². The van der Waals surface area contributed by atoms with Crippen LogP contribution in [0.1, 0.15) is 35.6 Å². The van der Waals surface area contributed by atoms with Crippen LogP contribution < -0.4 is 9.47 Å². The number of methoxy groups -OCH3 is 2. The maximum absolute atomic E-state index is 13.3. The van der Waals surface area contributed by atoms with E-state index in [0.29, 0.717) is 42.0 Å². The Morgan fingerprint density at radius 3 is 2.43 bits per heavy atom. The van der Waals surface area contributed by atoms with E-state index in [1.165, 1.54) is 20.3 Å². The third kappa shape index (κ3) is 4.70. The van der Waals surface area contributed by atoms with E-state index in [0.717, 1.165) is 12.1 Å². The first kappa shape index (κ1) is 22.0. The first-order chi connectivity index (χ1) is 14.2. The van der Waals surface area contributed by atoms with E-state index in [-0.39, 0.29) is 6.54 Å². The summed E-state index contributed by atoms with van der Waals surface area (Å²) >= 11 is 0. The Morgan fingerprint density at radius 1 is 1.10 bits per heavy atom. The highest BCUT2D eigenvalue weighted by Crippen LogP contribution is 2.39. The van der Waals surface area contributed by atoms with Crippen LogP contribution in [0.25, 0.3) is 0 Å². The number of carboxylic acid groups (broad SMARTS) is 1. The molecule has 30 heavy (non-hydrogen) atoms. The molecule has 5 nitrogen and oxygen atoms in total. The standard InChI is InChI=1S/C22H24F3NO4/c1-29-18-9-8-15(12-19(18)30-2)20(26-10-4-6-16(13-26)21(27)28)14-5-3-7-17(11-14)22(23,24)25/h3,5,7-9,11-12,16,20H,4,6,10,13H2,1-2H3,(H,27,28). The second kappa shape index (κ2) is 8.95. The number of rotatable bonds is 6. The molecule has 0 amide bonds. The van der Waals surface area contributed by atoms with E-state index in [1.54, 1.807) is 24.3 Å². The van der Waals surface area contributed by atoms with Crippen molar-refractivity contribution in [2.45, 2.75) is 25.1 Å². The quantitative estimate of drug-likeness (QED) is 0.736. The first-order valence-corrected chi connectivity index (χ1v) is 9.60.